The lowest BCUT2D eigenvalue weighted by Gasteiger charge is -2.11. The molecule has 1 unspecified atom stereocenters. The van der Waals surface area contributed by atoms with Crippen LogP contribution in [-0.2, 0) is 0 Å². The second-order valence-electron chi connectivity index (χ2n) is 3.66. The monoisotopic (exact) mass is 180 g/mol. The Balaban J connectivity index is 3.47. The maximum Gasteiger partial charge on any atom is 0.00913 e. The van der Waals surface area contributed by atoms with Crippen molar-refractivity contribution in [1.29, 1.82) is 0 Å². The first-order chi connectivity index (χ1) is 6.35. The molecule has 0 aliphatic heterocycles. The van der Waals surface area contributed by atoms with Crippen LogP contribution in [0.1, 0.15) is 65.7 Å². The largest absolute Gasteiger partial charge is 0.104 e. The normalized spacial score (nSPS) is 11.9. The molecule has 0 heteroatoms. The van der Waals surface area contributed by atoms with E-state index in [1.807, 2.05) is 0 Å². The molecule has 0 aromatic carbocycles. The Morgan fingerprint density at radius 1 is 1.00 bits per heavy atom. The molecule has 0 aliphatic rings. The first kappa shape index (κ1) is 12.6. The molecule has 0 fully saturated rings. The smallest absolute Gasteiger partial charge is 0.00913 e. The first-order valence-electron chi connectivity index (χ1n) is 5.80. The van der Waals surface area contributed by atoms with Gasteiger partial charge < -0.3 is 0 Å². The van der Waals surface area contributed by atoms with Gasteiger partial charge in [-0.1, -0.05) is 46.5 Å². The summed E-state index contributed by atoms with van der Waals surface area (Å²) < 4.78 is 0. The van der Waals surface area contributed by atoms with E-state index in [1.54, 1.807) is 0 Å². The van der Waals surface area contributed by atoms with Gasteiger partial charge in [-0.25, -0.2) is 0 Å². The Kier molecular flexibility index (Phi) is 9.32. The quantitative estimate of drug-likeness (QED) is 0.532. The molecule has 0 aliphatic carbocycles. The van der Waals surface area contributed by atoms with Crippen molar-refractivity contribution in [2.45, 2.75) is 65.7 Å². The van der Waals surface area contributed by atoms with Gasteiger partial charge >= 0.3 is 0 Å². The summed E-state index contributed by atoms with van der Waals surface area (Å²) >= 11 is 0. The van der Waals surface area contributed by atoms with Gasteiger partial charge in [-0.15, -0.1) is 11.8 Å². The number of hydrogen-bond acceptors (Lipinski definition) is 0. The van der Waals surface area contributed by atoms with Gasteiger partial charge in [0.05, 0.1) is 0 Å². The molecule has 0 saturated carbocycles. The Hall–Kier alpha value is -0.440. The van der Waals surface area contributed by atoms with E-state index in [1.165, 1.54) is 32.1 Å². The minimum Gasteiger partial charge on any atom is -0.104 e. The van der Waals surface area contributed by atoms with Crippen molar-refractivity contribution in [3.05, 3.63) is 0 Å². The minimum atomic E-state index is 0.922. The summed E-state index contributed by atoms with van der Waals surface area (Å²) in [6.07, 6.45) is 8.87. The molecule has 0 rings (SSSR count). The molecule has 0 saturated heterocycles. The average molecular weight is 180 g/mol. The van der Waals surface area contributed by atoms with Crippen LogP contribution < -0.4 is 0 Å². The summed E-state index contributed by atoms with van der Waals surface area (Å²) in [7, 11) is 0. The molecule has 76 valence electrons. The lowest BCUT2D eigenvalue weighted by Crippen LogP contribution is -1.97. The Morgan fingerprint density at radius 3 is 2.31 bits per heavy atom. The second-order valence-corrected chi connectivity index (χ2v) is 3.66. The third-order valence-electron chi connectivity index (χ3n) is 2.52. The van der Waals surface area contributed by atoms with Gasteiger partial charge in [0.15, 0.2) is 0 Å². The number of rotatable bonds is 6. The molecule has 0 N–H and O–H groups in total. The van der Waals surface area contributed by atoms with Crippen molar-refractivity contribution in [3.8, 4) is 11.8 Å². The Morgan fingerprint density at radius 2 is 1.77 bits per heavy atom. The van der Waals surface area contributed by atoms with Crippen LogP contribution in [0.3, 0.4) is 0 Å². The van der Waals surface area contributed by atoms with Crippen LogP contribution in [0.4, 0.5) is 0 Å². The van der Waals surface area contributed by atoms with E-state index in [4.69, 9.17) is 0 Å². The Labute approximate surface area is 84.1 Å². The van der Waals surface area contributed by atoms with Crippen LogP contribution in [0.15, 0.2) is 0 Å². The second kappa shape index (κ2) is 9.65. The van der Waals surface area contributed by atoms with Crippen molar-refractivity contribution in [3.63, 3.8) is 0 Å². The molecule has 0 heterocycles. The van der Waals surface area contributed by atoms with Crippen molar-refractivity contribution < 1.29 is 0 Å². The van der Waals surface area contributed by atoms with Crippen LogP contribution in [-0.4, -0.2) is 0 Å². The number of unbranched alkanes of at least 4 members (excludes halogenated alkanes) is 1. The topological polar surface area (TPSA) is 0 Å². The van der Waals surface area contributed by atoms with E-state index in [-0.39, 0.29) is 0 Å². The van der Waals surface area contributed by atoms with Gasteiger partial charge in [0.2, 0.25) is 0 Å². The van der Waals surface area contributed by atoms with E-state index in [0.29, 0.717) is 0 Å². The summed E-state index contributed by atoms with van der Waals surface area (Å²) in [6.45, 7) is 6.68. The lowest BCUT2D eigenvalue weighted by molar-refractivity contribution is 0.427. The molecule has 1 atom stereocenters. The van der Waals surface area contributed by atoms with Crippen molar-refractivity contribution in [1.82, 2.24) is 0 Å². The van der Waals surface area contributed by atoms with E-state index in [9.17, 15) is 0 Å². The molecule has 0 bridgehead atoms. The zero-order valence-corrected chi connectivity index (χ0v) is 9.53. The van der Waals surface area contributed by atoms with Crippen LogP contribution in [0.5, 0.6) is 0 Å². The van der Waals surface area contributed by atoms with Crippen molar-refractivity contribution in [2.24, 2.45) is 5.92 Å². The Bertz CT molecular complexity index is 147. The molecule has 0 spiro atoms. The van der Waals surface area contributed by atoms with Crippen LogP contribution >= 0.6 is 0 Å². The molecule has 13 heavy (non-hydrogen) atoms. The van der Waals surface area contributed by atoms with E-state index in [0.717, 1.165) is 18.8 Å². The molecule has 0 aromatic rings. The summed E-state index contributed by atoms with van der Waals surface area (Å²) in [5.41, 5.74) is 0. The van der Waals surface area contributed by atoms with E-state index < -0.39 is 0 Å². The SMILES string of the molecule is CCC#CCCC(CC)CCCC. The fourth-order valence-electron chi connectivity index (χ4n) is 1.54. The molecule has 0 radical (unpaired) electrons. The summed E-state index contributed by atoms with van der Waals surface area (Å²) in [6, 6.07) is 0. The maximum absolute atomic E-state index is 3.23. The average Bonchev–Trinajstić information content (AvgIpc) is 2.17. The van der Waals surface area contributed by atoms with Crippen molar-refractivity contribution in [2.75, 3.05) is 0 Å². The minimum absolute atomic E-state index is 0.922. The molecular weight excluding hydrogens is 156 g/mol. The zero-order chi connectivity index (χ0) is 9.94. The predicted molar refractivity (Wildman–Crippen MR) is 60.6 cm³/mol. The fourth-order valence-corrected chi connectivity index (χ4v) is 1.54. The predicted octanol–water partition coefficient (Wildman–Crippen LogP) is 4.40. The summed E-state index contributed by atoms with van der Waals surface area (Å²) in [5.74, 6) is 7.28. The van der Waals surface area contributed by atoms with Crippen molar-refractivity contribution >= 4 is 0 Å². The van der Waals surface area contributed by atoms with Gasteiger partial charge in [0, 0.05) is 12.8 Å². The van der Waals surface area contributed by atoms with Gasteiger partial charge in [-0.3, -0.25) is 0 Å². The van der Waals surface area contributed by atoms with Crippen LogP contribution in [0.25, 0.3) is 0 Å². The van der Waals surface area contributed by atoms with E-state index in [2.05, 4.69) is 32.6 Å². The fraction of sp³-hybridized carbons (Fsp3) is 0.846. The molecular formula is C13H24. The highest BCUT2D eigenvalue weighted by molar-refractivity contribution is 4.97. The lowest BCUT2D eigenvalue weighted by atomic mass is 9.94. The maximum atomic E-state index is 3.23. The highest BCUT2D eigenvalue weighted by Gasteiger charge is 2.03. The van der Waals surface area contributed by atoms with Gasteiger partial charge in [0.1, 0.15) is 0 Å². The first-order valence-corrected chi connectivity index (χ1v) is 5.80. The molecule has 0 nitrogen and oxygen atoms in total. The zero-order valence-electron chi connectivity index (χ0n) is 9.53. The van der Waals surface area contributed by atoms with Gasteiger partial charge in [0.25, 0.3) is 0 Å². The van der Waals surface area contributed by atoms with Gasteiger partial charge in [-0.05, 0) is 12.3 Å². The third-order valence-corrected chi connectivity index (χ3v) is 2.52. The van der Waals surface area contributed by atoms with Gasteiger partial charge in [-0.2, -0.15) is 0 Å². The summed E-state index contributed by atoms with van der Waals surface area (Å²) in [5, 5.41) is 0. The summed E-state index contributed by atoms with van der Waals surface area (Å²) in [4.78, 5) is 0. The molecule has 0 aromatic heterocycles. The van der Waals surface area contributed by atoms with Crippen LogP contribution in [0.2, 0.25) is 0 Å². The highest BCUT2D eigenvalue weighted by atomic mass is 14.1. The third kappa shape index (κ3) is 7.91. The number of hydrogen-bond donors (Lipinski definition) is 0. The van der Waals surface area contributed by atoms with E-state index >= 15 is 0 Å². The van der Waals surface area contributed by atoms with Crippen LogP contribution in [0, 0.1) is 17.8 Å². The molecule has 0 amide bonds. The standard InChI is InChI=1S/C13H24/c1-4-7-9-10-12-13(6-3)11-8-5-2/h13H,4-6,8,10-12H2,1-3H3. The highest BCUT2D eigenvalue weighted by Crippen LogP contribution is 2.17.